The molecule has 4 nitrogen and oxygen atoms in total. The molecule has 6 heteroatoms. The summed E-state index contributed by atoms with van der Waals surface area (Å²) < 4.78 is 19.2. The Kier molecular flexibility index (Phi) is 6.48. The SMILES string of the molecule is Cc1ccc(OCCSC2=NC(=Cc3ccccc3)C(=O)N2c2ccc(F)cc2)cc1. The van der Waals surface area contributed by atoms with Gasteiger partial charge in [0.15, 0.2) is 5.17 Å². The number of thioether (sulfide) groups is 1. The largest absolute Gasteiger partial charge is 0.493 e. The molecule has 0 saturated carbocycles. The summed E-state index contributed by atoms with van der Waals surface area (Å²) in [7, 11) is 0. The summed E-state index contributed by atoms with van der Waals surface area (Å²) in [6, 6.07) is 23.3. The van der Waals surface area contributed by atoms with E-state index in [0.29, 0.717) is 28.9 Å². The molecule has 0 saturated heterocycles. The molecule has 0 bridgehead atoms. The summed E-state index contributed by atoms with van der Waals surface area (Å²) in [5.74, 6) is 0.817. The molecule has 3 aromatic carbocycles. The molecule has 0 radical (unpaired) electrons. The molecule has 0 aromatic heterocycles. The molecule has 0 spiro atoms. The molecule has 156 valence electrons. The fourth-order valence-electron chi connectivity index (χ4n) is 3.05. The number of anilines is 1. The fourth-order valence-corrected chi connectivity index (χ4v) is 3.87. The smallest absolute Gasteiger partial charge is 0.283 e. The molecule has 3 aromatic rings. The van der Waals surface area contributed by atoms with Crippen LogP contribution in [-0.2, 0) is 4.79 Å². The minimum absolute atomic E-state index is 0.239. The zero-order chi connectivity index (χ0) is 21.6. The molecule has 0 atom stereocenters. The van der Waals surface area contributed by atoms with Gasteiger partial charge in [-0.1, -0.05) is 59.8 Å². The third kappa shape index (κ3) is 5.22. The minimum atomic E-state index is -0.354. The summed E-state index contributed by atoms with van der Waals surface area (Å²) in [6.07, 6.45) is 1.76. The number of rotatable bonds is 6. The van der Waals surface area contributed by atoms with Crippen LogP contribution in [-0.4, -0.2) is 23.4 Å². The highest BCUT2D eigenvalue weighted by Crippen LogP contribution is 2.29. The number of ether oxygens (including phenoxy) is 1. The van der Waals surface area contributed by atoms with Gasteiger partial charge in [-0.15, -0.1) is 0 Å². The lowest BCUT2D eigenvalue weighted by molar-refractivity contribution is -0.113. The molecule has 1 aliphatic rings. The maximum atomic E-state index is 13.4. The molecule has 1 amide bonds. The van der Waals surface area contributed by atoms with Crippen LogP contribution in [0.2, 0.25) is 0 Å². The standard InChI is InChI=1S/C25H21FN2O2S/c1-18-7-13-22(14-8-18)30-15-16-31-25-27-23(17-19-5-3-2-4-6-19)24(29)28(25)21-11-9-20(26)10-12-21/h2-14,17H,15-16H2,1H3. The van der Waals surface area contributed by atoms with E-state index >= 15 is 0 Å². The number of aliphatic imine (C=N–C) groups is 1. The van der Waals surface area contributed by atoms with Crippen molar-refractivity contribution in [3.63, 3.8) is 0 Å². The lowest BCUT2D eigenvalue weighted by atomic mass is 10.2. The van der Waals surface area contributed by atoms with Crippen molar-refractivity contribution in [3.8, 4) is 5.75 Å². The van der Waals surface area contributed by atoms with Gasteiger partial charge in [-0.2, -0.15) is 0 Å². The second kappa shape index (κ2) is 9.62. The Hall–Kier alpha value is -3.38. The second-order valence-electron chi connectivity index (χ2n) is 6.96. The summed E-state index contributed by atoms with van der Waals surface area (Å²) in [5, 5.41) is 0.547. The highest BCUT2D eigenvalue weighted by Gasteiger charge is 2.31. The lowest BCUT2D eigenvalue weighted by Gasteiger charge is -2.17. The number of carbonyl (C=O) groups excluding carboxylic acids is 1. The average Bonchev–Trinajstić information content (AvgIpc) is 3.09. The first-order valence-corrected chi connectivity index (χ1v) is 10.9. The van der Waals surface area contributed by atoms with E-state index in [1.165, 1.54) is 34.4 Å². The van der Waals surface area contributed by atoms with Crippen molar-refractivity contribution in [3.05, 3.63) is 102 Å². The van der Waals surface area contributed by atoms with Crippen molar-refractivity contribution in [1.82, 2.24) is 0 Å². The Balaban J connectivity index is 1.51. The fraction of sp³-hybridized carbons (Fsp3) is 0.120. The van der Waals surface area contributed by atoms with Crippen molar-refractivity contribution in [1.29, 1.82) is 0 Å². The van der Waals surface area contributed by atoms with E-state index < -0.39 is 0 Å². The van der Waals surface area contributed by atoms with Gasteiger partial charge in [-0.25, -0.2) is 9.38 Å². The summed E-state index contributed by atoms with van der Waals surface area (Å²) >= 11 is 1.43. The minimum Gasteiger partial charge on any atom is -0.493 e. The molecule has 1 heterocycles. The van der Waals surface area contributed by atoms with Crippen LogP contribution in [0.1, 0.15) is 11.1 Å². The number of halogens is 1. The maximum absolute atomic E-state index is 13.4. The van der Waals surface area contributed by atoms with Crippen LogP contribution in [0.3, 0.4) is 0 Å². The average molecular weight is 433 g/mol. The van der Waals surface area contributed by atoms with Crippen LogP contribution in [0.5, 0.6) is 5.75 Å². The summed E-state index contributed by atoms with van der Waals surface area (Å²) in [5.41, 5.74) is 2.99. The topological polar surface area (TPSA) is 41.9 Å². The van der Waals surface area contributed by atoms with E-state index in [0.717, 1.165) is 11.3 Å². The highest BCUT2D eigenvalue weighted by atomic mass is 32.2. The molecule has 0 N–H and O–H groups in total. The number of aryl methyl sites for hydroxylation is 1. The Bertz CT molecular complexity index is 1110. The molecular weight excluding hydrogens is 411 g/mol. The Labute approximate surface area is 185 Å². The van der Waals surface area contributed by atoms with Crippen LogP contribution in [0, 0.1) is 12.7 Å². The summed E-state index contributed by atoms with van der Waals surface area (Å²) in [4.78, 5) is 19.2. The highest BCUT2D eigenvalue weighted by molar-refractivity contribution is 8.14. The van der Waals surface area contributed by atoms with E-state index in [9.17, 15) is 9.18 Å². The van der Waals surface area contributed by atoms with Crippen LogP contribution in [0.4, 0.5) is 10.1 Å². The van der Waals surface area contributed by atoms with Crippen molar-refractivity contribution in [2.75, 3.05) is 17.3 Å². The van der Waals surface area contributed by atoms with Gasteiger partial charge in [-0.05, 0) is 55.0 Å². The van der Waals surface area contributed by atoms with Gasteiger partial charge in [0.1, 0.15) is 17.3 Å². The van der Waals surface area contributed by atoms with Gasteiger partial charge >= 0.3 is 0 Å². The molecule has 1 aliphatic heterocycles. The lowest BCUT2D eigenvalue weighted by Crippen LogP contribution is -2.30. The van der Waals surface area contributed by atoms with Crippen molar-refractivity contribution < 1.29 is 13.9 Å². The monoisotopic (exact) mass is 432 g/mol. The Morgan fingerprint density at radius 2 is 1.71 bits per heavy atom. The zero-order valence-electron chi connectivity index (χ0n) is 17.0. The van der Waals surface area contributed by atoms with Gasteiger partial charge in [0.05, 0.1) is 12.3 Å². The number of benzene rings is 3. The van der Waals surface area contributed by atoms with Gasteiger partial charge in [0.2, 0.25) is 0 Å². The van der Waals surface area contributed by atoms with Crippen LogP contribution in [0.25, 0.3) is 6.08 Å². The summed E-state index contributed by atoms with van der Waals surface area (Å²) in [6.45, 7) is 2.50. The van der Waals surface area contributed by atoms with Crippen LogP contribution >= 0.6 is 11.8 Å². The predicted octanol–water partition coefficient (Wildman–Crippen LogP) is 5.69. The zero-order valence-corrected chi connectivity index (χ0v) is 17.8. The molecule has 4 rings (SSSR count). The van der Waals surface area contributed by atoms with E-state index in [-0.39, 0.29) is 11.7 Å². The second-order valence-corrected chi connectivity index (χ2v) is 8.02. The number of amides is 1. The number of nitrogens with zero attached hydrogens (tertiary/aromatic N) is 2. The quantitative estimate of drug-likeness (QED) is 0.371. The van der Waals surface area contributed by atoms with E-state index in [4.69, 9.17) is 4.74 Å². The molecule has 0 unspecified atom stereocenters. The third-order valence-corrected chi connectivity index (χ3v) is 5.52. The maximum Gasteiger partial charge on any atom is 0.283 e. The predicted molar refractivity (Wildman–Crippen MR) is 125 cm³/mol. The van der Waals surface area contributed by atoms with Crippen molar-refractivity contribution in [2.45, 2.75) is 6.92 Å². The molecule has 0 aliphatic carbocycles. The van der Waals surface area contributed by atoms with Crippen molar-refractivity contribution >= 4 is 34.6 Å². The first-order chi connectivity index (χ1) is 15.1. The Morgan fingerprint density at radius 1 is 1.00 bits per heavy atom. The van der Waals surface area contributed by atoms with Crippen LogP contribution < -0.4 is 9.64 Å². The first-order valence-electron chi connectivity index (χ1n) is 9.88. The first kappa shape index (κ1) is 20.9. The van der Waals surface area contributed by atoms with Crippen molar-refractivity contribution in [2.24, 2.45) is 4.99 Å². The number of amidine groups is 1. The van der Waals surface area contributed by atoms with E-state index in [1.807, 2.05) is 61.5 Å². The number of hydrogen-bond donors (Lipinski definition) is 0. The molecule has 31 heavy (non-hydrogen) atoms. The van der Waals surface area contributed by atoms with E-state index in [1.54, 1.807) is 18.2 Å². The van der Waals surface area contributed by atoms with E-state index in [2.05, 4.69) is 4.99 Å². The van der Waals surface area contributed by atoms with Gasteiger partial charge in [0.25, 0.3) is 5.91 Å². The van der Waals surface area contributed by atoms with Gasteiger partial charge < -0.3 is 4.74 Å². The normalized spacial score (nSPS) is 14.8. The molecule has 0 fully saturated rings. The Morgan fingerprint density at radius 3 is 2.42 bits per heavy atom. The van der Waals surface area contributed by atoms with Crippen LogP contribution in [0.15, 0.2) is 89.6 Å². The number of hydrogen-bond acceptors (Lipinski definition) is 4. The van der Waals surface area contributed by atoms with Gasteiger partial charge in [-0.3, -0.25) is 9.69 Å². The third-order valence-electron chi connectivity index (χ3n) is 4.62. The molecular formula is C25H21FN2O2S. The van der Waals surface area contributed by atoms with Gasteiger partial charge in [0, 0.05) is 5.75 Å². The number of carbonyl (C=O) groups is 1.